The monoisotopic (exact) mass is 516 g/mol. The summed E-state index contributed by atoms with van der Waals surface area (Å²) < 4.78 is 5.21. The number of likely N-dealkylation sites (tertiary alicyclic amines) is 1. The Bertz CT molecular complexity index is 636. The molecule has 2 rings (SSSR count). The number of benzene rings is 1. The van der Waals surface area contributed by atoms with E-state index < -0.39 is 0 Å². The van der Waals surface area contributed by atoms with Crippen molar-refractivity contribution in [3.63, 3.8) is 0 Å². The van der Waals surface area contributed by atoms with Gasteiger partial charge in [-0.1, -0.05) is 26.0 Å². The van der Waals surface area contributed by atoms with Crippen molar-refractivity contribution in [1.29, 1.82) is 0 Å². The standard InChI is InChI=1S/C22H36N4O2.HI/c1-17-6-5-15-26(16-17)21(27)12-14-25-22(23-3)24-13-11-18(2)19-7-9-20(28-4)10-8-19;/h7-10,17-18H,5-6,11-16H2,1-4H3,(H2,23,24,25);1H. The Hall–Kier alpha value is -1.51. The lowest BCUT2D eigenvalue weighted by Crippen LogP contribution is -2.42. The molecule has 1 aliphatic heterocycles. The third kappa shape index (κ3) is 8.80. The Kier molecular flexibility index (Phi) is 12.0. The summed E-state index contributed by atoms with van der Waals surface area (Å²) in [7, 11) is 3.44. The summed E-state index contributed by atoms with van der Waals surface area (Å²) in [6, 6.07) is 8.23. The number of carbonyl (C=O) groups excluding carboxylic acids is 1. The summed E-state index contributed by atoms with van der Waals surface area (Å²) in [6.45, 7) is 7.67. The molecular formula is C22H37IN4O2. The van der Waals surface area contributed by atoms with Gasteiger partial charge in [-0.15, -0.1) is 24.0 Å². The van der Waals surface area contributed by atoms with Crippen molar-refractivity contribution >= 4 is 35.8 Å². The molecule has 1 saturated heterocycles. The number of aliphatic imine (C=N–C) groups is 1. The van der Waals surface area contributed by atoms with Crippen LogP contribution >= 0.6 is 24.0 Å². The fourth-order valence-electron chi connectivity index (χ4n) is 3.59. The van der Waals surface area contributed by atoms with Crippen molar-refractivity contribution in [2.24, 2.45) is 10.9 Å². The summed E-state index contributed by atoms with van der Waals surface area (Å²) in [6.07, 6.45) is 3.86. The second-order valence-corrected chi connectivity index (χ2v) is 7.73. The van der Waals surface area contributed by atoms with Crippen LogP contribution in [0.15, 0.2) is 29.3 Å². The number of nitrogens with one attached hydrogen (secondary N) is 2. The van der Waals surface area contributed by atoms with Gasteiger partial charge in [-0.05, 0) is 48.8 Å². The van der Waals surface area contributed by atoms with E-state index in [1.54, 1.807) is 14.2 Å². The van der Waals surface area contributed by atoms with Crippen LogP contribution in [0.1, 0.15) is 51.0 Å². The Morgan fingerprint density at radius 2 is 1.97 bits per heavy atom. The quantitative estimate of drug-likeness (QED) is 0.315. The number of nitrogens with zero attached hydrogens (tertiary/aromatic N) is 2. The minimum atomic E-state index is 0. The summed E-state index contributed by atoms with van der Waals surface area (Å²) >= 11 is 0. The molecule has 1 fully saturated rings. The van der Waals surface area contributed by atoms with E-state index in [1.165, 1.54) is 12.0 Å². The predicted octanol–water partition coefficient (Wildman–Crippen LogP) is 3.62. The minimum absolute atomic E-state index is 0. The van der Waals surface area contributed by atoms with Gasteiger partial charge in [0, 0.05) is 39.6 Å². The first kappa shape index (κ1) is 25.5. The average Bonchev–Trinajstić information content (AvgIpc) is 2.72. The molecule has 0 aromatic heterocycles. The molecule has 1 amide bonds. The van der Waals surface area contributed by atoms with Gasteiger partial charge in [0.05, 0.1) is 7.11 Å². The predicted molar refractivity (Wildman–Crippen MR) is 130 cm³/mol. The minimum Gasteiger partial charge on any atom is -0.497 e. The van der Waals surface area contributed by atoms with Gasteiger partial charge >= 0.3 is 0 Å². The molecule has 1 aliphatic rings. The normalized spacial score (nSPS) is 17.9. The zero-order valence-electron chi connectivity index (χ0n) is 18.2. The van der Waals surface area contributed by atoms with E-state index in [2.05, 4.69) is 41.6 Å². The maximum Gasteiger partial charge on any atom is 0.224 e. The molecule has 2 atom stereocenters. The number of piperidine rings is 1. The zero-order valence-corrected chi connectivity index (χ0v) is 20.6. The van der Waals surface area contributed by atoms with Crippen molar-refractivity contribution in [2.75, 3.05) is 40.3 Å². The number of hydrogen-bond donors (Lipinski definition) is 2. The first-order valence-corrected chi connectivity index (χ1v) is 10.4. The highest BCUT2D eigenvalue weighted by Gasteiger charge is 2.20. The number of carbonyl (C=O) groups is 1. The molecule has 1 heterocycles. The van der Waals surface area contributed by atoms with Crippen molar-refractivity contribution in [3.8, 4) is 5.75 Å². The molecule has 2 unspecified atom stereocenters. The first-order chi connectivity index (χ1) is 13.5. The molecule has 29 heavy (non-hydrogen) atoms. The fourth-order valence-corrected chi connectivity index (χ4v) is 3.59. The van der Waals surface area contributed by atoms with Crippen LogP contribution in [0.3, 0.4) is 0 Å². The molecule has 6 nitrogen and oxygen atoms in total. The number of rotatable bonds is 8. The van der Waals surface area contributed by atoms with Gasteiger partial charge < -0.3 is 20.3 Å². The van der Waals surface area contributed by atoms with Crippen LogP contribution in [0.4, 0.5) is 0 Å². The van der Waals surface area contributed by atoms with Crippen molar-refractivity contribution in [1.82, 2.24) is 15.5 Å². The largest absolute Gasteiger partial charge is 0.497 e. The summed E-state index contributed by atoms with van der Waals surface area (Å²) in [4.78, 5) is 18.6. The van der Waals surface area contributed by atoms with E-state index in [9.17, 15) is 4.79 Å². The second kappa shape index (κ2) is 13.7. The molecule has 1 aromatic carbocycles. The van der Waals surface area contributed by atoms with E-state index in [1.807, 2.05) is 17.0 Å². The van der Waals surface area contributed by atoms with Crippen molar-refractivity contribution in [3.05, 3.63) is 29.8 Å². The number of amides is 1. The van der Waals surface area contributed by atoms with Crippen LogP contribution < -0.4 is 15.4 Å². The highest BCUT2D eigenvalue weighted by molar-refractivity contribution is 14.0. The van der Waals surface area contributed by atoms with E-state index >= 15 is 0 Å². The van der Waals surface area contributed by atoms with Crippen LogP contribution in [0.25, 0.3) is 0 Å². The van der Waals surface area contributed by atoms with Crippen LogP contribution in [0.5, 0.6) is 5.75 Å². The van der Waals surface area contributed by atoms with E-state index in [0.29, 0.717) is 24.8 Å². The molecule has 1 aromatic rings. The molecule has 2 N–H and O–H groups in total. The highest BCUT2D eigenvalue weighted by atomic mass is 127. The SMILES string of the molecule is CN=C(NCCC(=O)N1CCCC(C)C1)NCCC(C)c1ccc(OC)cc1.I. The van der Waals surface area contributed by atoms with Gasteiger partial charge in [0.1, 0.15) is 5.75 Å². The molecule has 7 heteroatoms. The molecule has 0 aliphatic carbocycles. The maximum absolute atomic E-state index is 12.3. The number of halogens is 1. The van der Waals surface area contributed by atoms with Crippen LogP contribution in [0.2, 0.25) is 0 Å². The average molecular weight is 516 g/mol. The van der Waals surface area contributed by atoms with E-state index in [4.69, 9.17) is 4.74 Å². The van der Waals surface area contributed by atoms with Gasteiger partial charge in [-0.3, -0.25) is 9.79 Å². The third-order valence-electron chi connectivity index (χ3n) is 5.42. The zero-order chi connectivity index (χ0) is 20.4. The fraction of sp³-hybridized carbons (Fsp3) is 0.636. The van der Waals surface area contributed by atoms with Gasteiger partial charge in [0.15, 0.2) is 5.96 Å². The van der Waals surface area contributed by atoms with Crippen molar-refractivity contribution in [2.45, 2.75) is 45.4 Å². The lowest BCUT2D eigenvalue weighted by molar-refractivity contribution is -0.132. The van der Waals surface area contributed by atoms with E-state index in [-0.39, 0.29) is 29.9 Å². The lowest BCUT2D eigenvalue weighted by atomic mass is 9.98. The number of guanidine groups is 1. The maximum atomic E-state index is 12.3. The summed E-state index contributed by atoms with van der Waals surface area (Å²) in [5, 5.41) is 6.60. The molecule has 0 spiro atoms. The Balaban J connectivity index is 0.00000420. The highest BCUT2D eigenvalue weighted by Crippen LogP contribution is 2.21. The summed E-state index contributed by atoms with van der Waals surface area (Å²) in [5.41, 5.74) is 1.30. The third-order valence-corrected chi connectivity index (χ3v) is 5.42. The van der Waals surface area contributed by atoms with Crippen molar-refractivity contribution < 1.29 is 9.53 Å². The van der Waals surface area contributed by atoms with Gasteiger partial charge in [0.25, 0.3) is 0 Å². The molecule has 0 bridgehead atoms. The van der Waals surface area contributed by atoms with Gasteiger partial charge in [-0.2, -0.15) is 0 Å². The van der Waals surface area contributed by atoms with Gasteiger partial charge in [-0.25, -0.2) is 0 Å². The molecule has 164 valence electrons. The van der Waals surface area contributed by atoms with Crippen LogP contribution in [-0.2, 0) is 4.79 Å². The Morgan fingerprint density at radius 3 is 2.59 bits per heavy atom. The topological polar surface area (TPSA) is 66.0 Å². The number of hydrogen-bond acceptors (Lipinski definition) is 3. The molecule has 0 saturated carbocycles. The first-order valence-electron chi connectivity index (χ1n) is 10.4. The molecule has 0 radical (unpaired) electrons. The van der Waals surface area contributed by atoms with Crippen LogP contribution in [-0.4, -0.2) is 57.1 Å². The molecular weight excluding hydrogens is 479 g/mol. The number of methoxy groups -OCH3 is 1. The van der Waals surface area contributed by atoms with Crippen LogP contribution in [0, 0.1) is 5.92 Å². The second-order valence-electron chi connectivity index (χ2n) is 7.73. The number of ether oxygens (including phenoxy) is 1. The Morgan fingerprint density at radius 1 is 1.28 bits per heavy atom. The smallest absolute Gasteiger partial charge is 0.224 e. The lowest BCUT2D eigenvalue weighted by Gasteiger charge is -2.31. The van der Waals surface area contributed by atoms with Gasteiger partial charge in [0.2, 0.25) is 5.91 Å². The summed E-state index contributed by atoms with van der Waals surface area (Å²) in [5.74, 6) is 2.93. The Labute approximate surface area is 192 Å². The van der Waals surface area contributed by atoms with E-state index in [0.717, 1.165) is 44.2 Å².